The topological polar surface area (TPSA) is 59.0 Å². The SMILES string of the molecule is c1cnn(CC2CN(CCc3cn[nH]c3)CCO2)c1. The average molecular weight is 261 g/mol. The van der Waals surface area contributed by atoms with E-state index in [-0.39, 0.29) is 6.10 Å². The minimum Gasteiger partial charge on any atom is -0.374 e. The van der Waals surface area contributed by atoms with Gasteiger partial charge >= 0.3 is 0 Å². The molecule has 1 fully saturated rings. The number of morpholine rings is 1. The van der Waals surface area contributed by atoms with Crippen LogP contribution in [0, 0.1) is 0 Å². The average Bonchev–Trinajstić information content (AvgIpc) is 3.10. The van der Waals surface area contributed by atoms with Gasteiger partial charge in [-0.3, -0.25) is 14.7 Å². The van der Waals surface area contributed by atoms with Gasteiger partial charge in [0.1, 0.15) is 0 Å². The Balaban J connectivity index is 1.47. The molecule has 1 unspecified atom stereocenters. The van der Waals surface area contributed by atoms with Gasteiger partial charge in [-0.15, -0.1) is 0 Å². The Kier molecular flexibility index (Phi) is 3.90. The molecule has 0 spiro atoms. The first kappa shape index (κ1) is 12.4. The quantitative estimate of drug-likeness (QED) is 0.854. The van der Waals surface area contributed by atoms with Crippen LogP contribution in [0.25, 0.3) is 0 Å². The van der Waals surface area contributed by atoms with Crippen LogP contribution in [0.15, 0.2) is 30.9 Å². The van der Waals surface area contributed by atoms with E-state index >= 15 is 0 Å². The van der Waals surface area contributed by atoms with Gasteiger partial charge in [0.25, 0.3) is 0 Å². The molecular weight excluding hydrogens is 242 g/mol. The molecule has 1 aliphatic rings. The Bertz CT molecular complexity index is 467. The number of nitrogens with zero attached hydrogens (tertiary/aromatic N) is 4. The van der Waals surface area contributed by atoms with Crippen LogP contribution in [0.4, 0.5) is 0 Å². The fourth-order valence-corrected chi connectivity index (χ4v) is 2.41. The van der Waals surface area contributed by atoms with Crippen LogP contribution in [0.1, 0.15) is 5.56 Å². The van der Waals surface area contributed by atoms with Crippen LogP contribution in [0.3, 0.4) is 0 Å². The van der Waals surface area contributed by atoms with Crippen molar-refractivity contribution in [3.63, 3.8) is 0 Å². The second-order valence-corrected chi connectivity index (χ2v) is 4.88. The first-order valence-electron chi connectivity index (χ1n) is 6.69. The summed E-state index contributed by atoms with van der Waals surface area (Å²) in [5.74, 6) is 0. The molecule has 0 radical (unpaired) electrons. The molecule has 0 aliphatic carbocycles. The molecule has 6 heteroatoms. The number of H-pyrrole nitrogens is 1. The van der Waals surface area contributed by atoms with Crippen molar-refractivity contribution < 1.29 is 4.74 Å². The fraction of sp³-hybridized carbons (Fsp3) is 0.538. The molecule has 2 aromatic heterocycles. The van der Waals surface area contributed by atoms with Crippen LogP contribution in [-0.4, -0.2) is 57.2 Å². The number of rotatable bonds is 5. The van der Waals surface area contributed by atoms with E-state index in [0.29, 0.717) is 0 Å². The summed E-state index contributed by atoms with van der Waals surface area (Å²) < 4.78 is 7.73. The largest absolute Gasteiger partial charge is 0.374 e. The number of nitrogens with one attached hydrogen (secondary N) is 1. The van der Waals surface area contributed by atoms with E-state index in [1.54, 1.807) is 6.20 Å². The lowest BCUT2D eigenvalue weighted by molar-refractivity contribution is -0.0370. The van der Waals surface area contributed by atoms with Gasteiger partial charge in [0, 0.05) is 38.2 Å². The highest BCUT2D eigenvalue weighted by Crippen LogP contribution is 2.08. The van der Waals surface area contributed by atoms with Gasteiger partial charge in [-0.25, -0.2) is 0 Å². The third-order valence-electron chi connectivity index (χ3n) is 3.44. The first-order chi connectivity index (χ1) is 9.40. The van der Waals surface area contributed by atoms with Crippen molar-refractivity contribution in [2.24, 2.45) is 0 Å². The lowest BCUT2D eigenvalue weighted by Crippen LogP contribution is -2.44. The molecule has 1 N–H and O–H groups in total. The lowest BCUT2D eigenvalue weighted by Gasteiger charge is -2.32. The van der Waals surface area contributed by atoms with E-state index in [4.69, 9.17) is 4.74 Å². The van der Waals surface area contributed by atoms with E-state index in [9.17, 15) is 0 Å². The molecule has 3 heterocycles. The van der Waals surface area contributed by atoms with Crippen LogP contribution >= 0.6 is 0 Å². The number of hydrogen-bond donors (Lipinski definition) is 1. The van der Waals surface area contributed by atoms with Crippen LogP contribution in [0.2, 0.25) is 0 Å². The van der Waals surface area contributed by atoms with Crippen molar-refractivity contribution in [1.82, 2.24) is 24.9 Å². The minimum absolute atomic E-state index is 0.234. The molecular formula is C13H19N5O. The maximum Gasteiger partial charge on any atom is 0.0898 e. The highest BCUT2D eigenvalue weighted by Gasteiger charge is 2.20. The first-order valence-corrected chi connectivity index (χ1v) is 6.69. The highest BCUT2D eigenvalue weighted by molar-refractivity contribution is 5.02. The smallest absolute Gasteiger partial charge is 0.0898 e. The van der Waals surface area contributed by atoms with Gasteiger partial charge in [0.05, 0.1) is 25.5 Å². The van der Waals surface area contributed by atoms with E-state index < -0.39 is 0 Å². The van der Waals surface area contributed by atoms with Crippen LogP contribution < -0.4 is 0 Å². The Morgan fingerprint density at radius 3 is 3.26 bits per heavy atom. The molecule has 19 heavy (non-hydrogen) atoms. The summed E-state index contributed by atoms with van der Waals surface area (Å²) in [6, 6.07) is 1.94. The van der Waals surface area contributed by atoms with Gasteiger partial charge in [0.15, 0.2) is 0 Å². The number of ether oxygens (including phenoxy) is 1. The third-order valence-corrected chi connectivity index (χ3v) is 3.44. The normalized spacial score (nSPS) is 20.7. The number of aromatic amines is 1. The summed E-state index contributed by atoms with van der Waals surface area (Å²) in [4.78, 5) is 2.45. The Labute approximate surface area is 112 Å². The maximum absolute atomic E-state index is 5.80. The third kappa shape index (κ3) is 3.42. The van der Waals surface area contributed by atoms with Crippen molar-refractivity contribution >= 4 is 0 Å². The summed E-state index contributed by atoms with van der Waals surface area (Å²) in [6.07, 6.45) is 8.90. The summed E-state index contributed by atoms with van der Waals surface area (Å²) >= 11 is 0. The molecule has 0 bridgehead atoms. The zero-order chi connectivity index (χ0) is 12.9. The Morgan fingerprint density at radius 1 is 1.47 bits per heavy atom. The van der Waals surface area contributed by atoms with Crippen molar-refractivity contribution in [3.05, 3.63) is 36.4 Å². The molecule has 0 amide bonds. The van der Waals surface area contributed by atoms with Crippen molar-refractivity contribution in [3.8, 4) is 0 Å². The molecule has 1 aliphatic heterocycles. The van der Waals surface area contributed by atoms with Gasteiger partial charge in [-0.1, -0.05) is 0 Å². The molecule has 6 nitrogen and oxygen atoms in total. The fourth-order valence-electron chi connectivity index (χ4n) is 2.41. The van der Waals surface area contributed by atoms with E-state index in [1.165, 1.54) is 5.56 Å². The van der Waals surface area contributed by atoms with Gasteiger partial charge in [-0.2, -0.15) is 10.2 Å². The minimum atomic E-state index is 0.234. The van der Waals surface area contributed by atoms with Gasteiger partial charge in [0.2, 0.25) is 0 Å². The van der Waals surface area contributed by atoms with E-state index in [0.717, 1.165) is 39.2 Å². The second kappa shape index (κ2) is 5.99. The summed E-state index contributed by atoms with van der Waals surface area (Å²) in [5.41, 5.74) is 1.26. The number of hydrogen-bond acceptors (Lipinski definition) is 4. The standard InChI is InChI=1S/C13H19N5O/c1-3-16-18(4-1)11-13-10-17(6-7-19-13)5-2-12-8-14-15-9-12/h1,3-4,8-9,13H,2,5-7,10-11H2,(H,14,15). The van der Waals surface area contributed by atoms with Gasteiger partial charge < -0.3 is 4.74 Å². The van der Waals surface area contributed by atoms with Crippen LogP contribution in [-0.2, 0) is 17.7 Å². The molecule has 0 aromatic carbocycles. The second-order valence-electron chi connectivity index (χ2n) is 4.88. The highest BCUT2D eigenvalue weighted by atomic mass is 16.5. The lowest BCUT2D eigenvalue weighted by atomic mass is 10.2. The summed E-state index contributed by atoms with van der Waals surface area (Å²) in [6.45, 7) is 4.66. The Morgan fingerprint density at radius 2 is 2.47 bits per heavy atom. The predicted octanol–water partition coefficient (Wildman–Crippen LogP) is 0.550. The molecule has 0 saturated carbocycles. The molecule has 2 aromatic rings. The molecule has 1 saturated heterocycles. The van der Waals surface area contributed by atoms with Crippen LogP contribution in [0.5, 0.6) is 0 Å². The van der Waals surface area contributed by atoms with E-state index in [1.807, 2.05) is 29.3 Å². The molecule has 3 rings (SSSR count). The van der Waals surface area contributed by atoms with Crippen molar-refractivity contribution in [2.75, 3.05) is 26.2 Å². The predicted molar refractivity (Wildman–Crippen MR) is 70.7 cm³/mol. The zero-order valence-corrected chi connectivity index (χ0v) is 10.9. The summed E-state index contributed by atoms with van der Waals surface area (Å²) in [7, 11) is 0. The maximum atomic E-state index is 5.80. The number of aromatic nitrogens is 4. The van der Waals surface area contributed by atoms with Crippen molar-refractivity contribution in [2.45, 2.75) is 19.1 Å². The summed E-state index contributed by atoms with van der Waals surface area (Å²) in [5, 5.41) is 11.0. The van der Waals surface area contributed by atoms with E-state index in [2.05, 4.69) is 20.2 Å². The monoisotopic (exact) mass is 261 g/mol. The van der Waals surface area contributed by atoms with Crippen molar-refractivity contribution in [1.29, 1.82) is 0 Å². The zero-order valence-electron chi connectivity index (χ0n) is 10.9. The van der Waals surface area contributed by atoms with Gasteiger partial charge in [-0.05, 0) is 18.1 Å². The molecule has 102 valence electrons. The molecule has 1 atom stereocenters. The Hall–Kier alpha value is -1.66.